The van der Waals surface area contributed by atoms with Crippen LogP contribution in [-0.2, 0) is 10.5 Å². The van der Waals surface area contributed by atoms with Gasteiger partial charge in [-0.15, -0.1) is 5.10 Å². The van der Waals surface area contributed by atoms with E-state index < -0.39 is 6.04 Å². The van der Waals surface area contributed by atoms with E-state index in [-0.39, 0.29) is 11.7 Å². The van der Waals surface area contributed by atoms with Gasteiger partial charge in [0, 0.05) is 31.2 Å². The number of nitrogens with zero attached hydrogens (tertiary/aromatic N) is 4. The molecule has 0 bridgehead atoms. The highest BCUT2D eigenvalue weighted by atomic mass is 32.2. The van der Waals surface area contributed by atoms with E-state index in [4.69, 9.17) is 9.84 Å². The van der Waals surface area contributed by atoms with Gasteiger partial charge in [0.15, 0.2) is 0 Å². The van der Waals surface area contributed by atoms with Gasteiger partial charge in [-0.3, -0.25) is 4.79 Å². The Labute approximate surface area is 237 Å². The second-order valence-electron chi connectivity index (χ2n) is 9.48. The lowest BCUT2D eigenvalue weighted by Gasteiger charge is -2.29. The zero-order valence-corrected chi connectivity index (χ0v) is 23.6. The predicted octanol–water partition coefficient (Wildman–Crippen LogP) is 6.10. The van der Waals surface area contributed by atoms with Crippen LogP contribution in [-0.4, -0.2) is 41.4 Å². The van der Waals surface area contributed by atoms with Crippen LogP contribution in [0.1, 0.15) is 31.0 Å². The van der Waals surface area contributed by atoms with Crippen LogP contribution in [0.2, 0.25) is 0 Å². The van der Waals surface area contributed by atoms with E-state index in [1.54, 1.807) is 22.9 Å². The zero-order chi connectivity index (χ0) is 28.2. The summed E-state index contributed by atoms with van der Waals surface area (Å²) in [6, 6.07) is 21.5. The fourth-order valence-corrected chi connectivity index (χ4v) is 5.36. The standard InChI is InChI=1S/C30H31FN6O2S/c1-5-39-25-13-9-8-12-24(25)33-28(38)26-19(2)32-29-34-30(40-18-21-10-6-7-11-23(21)31)35-37(29)27(26)20-14-16-22(17-15-20)36(3)4/h6-17,27H,5,18H2,1-4H3,(H,33,38)(H,32,34,35). The summed E-state index contributed by atoms with van der Waals surface area (Å²) in [6.07, 6.45) is 0. The quantitative estimate of drug-likeness (QED) is 0.240. The third-order valence-electron chi connectivity index (χ3n) is 6.55. The molecule has 0 aliphatic carbocycles. The number of halogens is 1. The van der Waals surface area contributed by atoms with Gasteiger partial charge in [0.05, 0.1) is 17.9 Å². The summed E-state index contributed by atoms with van der Waals surface area (Å²) in [5.41, 5.74) is 4.25. The van der Waals surface area contributed by atoms with Crippen LogP contribution in [0.5, 0.6) is 5.75 Å². The molecule has 0 saturated carbocycles. The summed E-state index contributed by atoms with van der Waals surface area (Å²) in [4.78, 5) is 20.6. The first-order valence-electron chi connectivity index (χ1n) is 13.0. The molecule has 1 atom stereocenters. The molecular formula is C30H31FN6O2S. The largest absolute Gasteiger partial charge is 0.492 e. The van der Waals surface area contributed by atoms with Crippen molar-refractivity contribution in [2.24, 2.45) is 0 Å². The Hall–Kier alpha value is -4.31. The van der Waals surface area contributed by atoms with E-state index >= 15 is 0 Å². The number of thioether (sulfide) groups is 1. The number of carbonyl (C=O) groups is 1. The van der Waals surface area contributed by atoms with Crippen LogP contribution in [0.3, 0.4) is 0 Å². The maximum Gasteiger partial charge on any atom is 0.255 e. The number of para-hydroxylation sites is 2. The molecule has 0 spiro atoms. The maximum atomic E-state index is 14.2. The average Bonchev–Trinajstić information content (AvgIpc) is 3.35. The van der Waals surface area contributed by atoms with E-state index in [1.807, 2.05) is 81.4 Å². The first-order valence-corrected chi connectivity index (χ1v) is 13.9. The van der Waals surface area contributed by atoms with Crippen molar-refractivity contribution in [1.82, 2.24) is 14.8 Å². The molecule has 206 valence electrons. The van der Waals surface area contributed by atoms with Gasteiger partial charge in [0.2, 0.25) is 11.1 Å². The van der Waals surface area contributed by atoms with Crippen molar-refractivity contribution in [3.63, 3.8) is 0 Å². The molecule has 1 aliphatic rings. The van der Waals surface area contributed by atoms with Gasteiger partial charge in [-0.1, -0.05) is 54.2 Å². The highest BCUT2D eigenvalue weighted by molar-refractivity contribution is 7.98. The second-order valence-corrected chi connectivity index (χ2v) is 10.4. The van der Waals surface area contributed by atoms with E-state index in [0.717, 1.165) is 11.3 Å². The van der Waals surface area contributed by atoms with Gasteiger partial charge in [0.1, 0.15) is 17.6 Å². The molecule has 3 aromatic carbocycles. The number of ether oxygens (including phenoxy) is 1. The highest BCUT2D eigenvalue weighted by Gasteiger charge is 2.34. The first kappa shape index (κ1) is 27.3. The van der Waals surface area contributed by atoms with E-state index in [1.165, 1.54) is 17.8 Å². The first-order chi connectivity index (χ1) is 19.4. The molecule has 2 N–H and O–H groups in total. The van der Waals surface area contributed by atoms with Crippen molar-refractivity contribution in [2.75, 3.05) is 36.2 Å². The van der Waals surface area contributed by atoms with Gasteiger partial charge < -0.3 is 20.3 Å². The lowest BCUT2D eigenvalue weighted by atomic mass is 9.94. The Kier molecular flexibility index (Phi) is 8.06. The van der Waals surface area contributed by atoms with Crippen LogP contribution in [0.4, 0.5) is 21.7 Å². The minimum atomic E-state index is -0.540. The fourth-order valence-electron chi connectivity index (χ4n) is 4.55. The predicted molar refractivity (Wildman–Crippen MR) is 157 cm³/mol. The molecule has 0 fully saturated rings. The minimum Gasteiger partial charge on any atom is -0.492 e. The second kappa shape index (κ2) is 11.8. The third-order valence-corrected chi connectivity index (χ3v) is 7.44. The number of hydrogen-bond donors (Lipinski definition) is 2. The molecule has 2 heterocycles. The lowest BCUT2D eigenvalue weighted by molar-refractivity contribution is -0.113. The number of amides is 1. The molecule has 1 aliphatic heterocycles. The molecule has 4 aromatic rings. The lowest BCUT2D eigenvalue weighted by Crippen LogP contribution is -2.31. The normalized spacial score (nSPS) is 14.4. The average molecular weight is 559 g/mol. The number of aromatic nitrogens is 3. The van der Waals surface area contributed by atoms with Crippen LogP contribution >= 0.6 is 11.8 Å². The van der Waals surface area contributed by atoms with Crippen molar-refractivity contribution >= 4 is 35.0 Å². The number of benzene rings is 3. The summed E-state index contributed by atoms with van der Waals surface area (Å²) in [5.74, 6) is 0.953. The summed E-state index contributed by atoms with van der Waals surface area (Å²) in [5, 5.41) is 11.5. The molecule has 1 unspecified atom stereocenters. The summed E-state index contributed by atoms with van der Waals surface area (Å²) >= 11 is 1.34. The maximum absolute atomic E-state index is 14.2. The van der Waals surface area contributed by atoms with Crippen LogP contribution in [0, 0.1) is 5.82 Å². The van der Waals surface area contributed by atoms with E-state index in [9.17, 15) is 9.18 Å². The third kappa shape index (κ3) is 5.67. The molecule has 5 rings (SSSR count). The van der Waals surface area contributed by atoms with Gasteiger partial charge in [-0.05, 0) is 55.3 Å². The van der Waals surface area contributed by atoms with Crippen molar-refractivity contribution in [2.45, 2.75) is 30.8 Å². The van der Waals surface area contributed by atoms with Gasteiger partial charge in [-0.25, -0.2) is 9.07 Å². The molecule has 0 radical (unpaired) electrons. The monoisotopic (exact) mass is 558 g/mol. The number of hydrogen-bond acceptors (Lipinski definition) is 7. The fraction of sp³-hybridized carbons (Fsp3) is 0.233. The smallest absolute Gasteiger partial charge is 0.255 e. The zero-order valence-electron chi connectivity index (χ0n) is 22.8. The van der Waals surface area contributed by atoms with Gasteiger partial charge in [0.25, 0.3) is 5.91 Å². The van der Waals surface area contributed by atoms with Crippen molar-refractivity contribution in [1.29, 1.82) is 0 Å². The van der Waals surface area contributed by atoms with E-state index in [0.29, 0.717) is 51.7 Å². The van der Waals surface area contributed by atoms with Crippen molar-refractivity contribution in [3.05, 3.63) is 101 Å². The Balaban J connectivity index is 1.50. The number of carbonyl (C=O) groups excluding carboxylic acids is 1. The van der Waals surface area contributed by atoms with Gasteiger partial charge in [-0.2, -0.15) is 4.98 Å². The molecule has 1 aromatic heterocycles. The number of nitrogens with one attached hydrogen (secondary N) is 2. The Bertz CT molecular complexity index is 1550. The SMILES string of the molecule is CCOc1ccccc1NC(=O)C1=C(C)Nc2nc(SCc3ccccc3F)nn2C1c1ccc(N(C)C)cc1. The van der Waals surface area contributed by atoms with Crippen LogP contribution < -0.4 is 20.3 Å². The molecule has 40 heavy (non-hydrogen) atoms. The van der Waals surface area contributed by atoms with Crippen LogP contribution in [0.25, 0.3) is 0 Å². The molecular weight excluding hydrogens is 527 g/mol. The number of anilines is 3. The Morgan fingerprint density at radius 1 is 1.10 bits per heavy atom. The Morgan fingerprint density at radius 3 is 2.55 bits per heavy atom. The molecule has 10 heteroatoms. The molecule has 1 amide bonds. The summed E-state index contributed by atoms with van der Waals surface area (Å²) in [7, 11) is 3.96. The van der Waals surface area contributed by atoms with Gasteiger partial charge >= 0.3 is 0 Å². The number of fused-ring (bicyclic) bond motifs is 1. The summed E-state index contributed by atoms with van der Waals surface area (Å²) < 4.78 is 21.7. The van der Waals surface area contributed by atoms with Crippen molar-refractivity contribution < 1.29 is 13.9 Å². The van der Waals surface area contributed by atoms with Crippen LogP contribution in [0.15, 0.2) is 89.2 Å². The number of allylic oxidation sites excluding steroid dienone is 1. The van der Waals surface area contributed by atoms with E-state index in [2.05, 4.69) is 15.6 Å². The topological polar surface area (TPSA) is 84.3 Å². The highest BCUT2D eigenvalue weighted by Crippen LogP contribution is 2.38. The summed E-state index contributed by atoms with van der Waals surface area (Å²) in [6.45, 7) is 4.24. The van der Waals surface area contributed by atoms with Crippen molar-refractivity contribution in [3.8, 4) is 5.75 Å². The molecule has 0 saturated heterocycles. The Morgan fingerprint density at radius 2 is 1.82 bits per heavy atom. The molecule has 8 nitrogen and oxygen atoms in total. The number of rotatable bonds is 9. The minimum absolute atomic E-state index is 0.264.